The lowest BCUT2D eigenvalue weighted by molar-refractivity contribution is -0.0411. The maximum atomic E-state index is 12.9. The van der Waals surface area contributed by atoms with Gasteiger partial charge in [0.2, 0.25) is 0 Å². The molecule has 0 aliphatic carbocycles. The topological polar surface area (TPSA) is 106 Å². The molecule has 10 nitrogen and oxygen atoms in total. The summed E-state index contributed by atoms with van der Waals surface area (Å²) in [4.78, 5) is 27.4. The summed E-state index contributed by atoms with van der Waals surface area (Å²) < 4.78 is 37.2. The van der Waals surface area contributed by atoms with Crippen molar-refractivity contribution in [3.05, 3.63) is 68.6 Å². The Morgan fingerprint density at radius 1 is 0.978 bits per heavy atom. The van der Waals surface area contributed by atoms with E-state index in [0.717, 1.165) is 23.0 Å². The Morgan fingerprint density at radius 3 is 2.26 bits per heavy atom. The summed E-state index contributed by atoms with van der Waals surface area (Å²) in [7, 11) is -5.70. The number of hydrogen-bond donors (Lipinski definition) is 1. The number of hydrogen-bond acceptors (Lipinski definition) is 7. The first kappa shape index (κ1) is 35.4. The molecule has 0 radical (unpaired) electrons. The van der Waals surface area contributed by atoms with Crippen molar-refractivity contribution in [3.63, 3.8) is 0 Å². The van der Waals surface area contributed by atoms with Gasteiger partial charge in [0.15, 0.2) is 16.6 Å². The summed E-state index contributed by atoms with van der Waals surface area (Å²) in [5.74, 6) is 0. The molecule has 1 aromatic carbocycles. The molecule has 2 aliphatic rings. The van der Waals surface area contributed by atoms with Crippen molar-refractivity contribution < 1.29 is 22.6 Å². The van der Waals surface area contributed by atoms with Gasteiger partial charge in [-0.05, 0) is 55.3 Å². The Morgan fingerprint density at radius 2 is 1.61 bits per heavy atom. The molecule has 1 N–H and O–H groups in total. The molecule has 1 fully saturated rings. The van der Waals surface area contributed by atoms with E-state index in [1.54, 1.807) is 13.1 Å². The number of benzene rings is 1. The highest BCUT2D eigenvalue weighted by molar-refractivity contribution is 7.46. The average Bonchev–Trinajstić information content (AvgIpc) is 3.52. The zero-order valence-corrected chi connectivity index (χ0v) is 32.2. The van der Waals surface area contributed by atoms with E-state index < -0.39 is 54.8 Å². The number of para-hydroxylation sites is 1. The molecule has 1 saturated heterocycles. The predicted octanol–water partition coefficient (Wildman–Crippen LogP) is 7.23. The number of ether oxygens (including phenoxy) is 1. The van der Waals surface area contributed by atoms with E-state index in [1.165, 1.54) is 4.57 Å². The van der Waals surface area contributed by atoms with Crippen LogP contribution in [0.5, 0.6) is 0 Å². The third-order valence-corrected chi connectivity index (χ3v) is 21.0. The Bertz CT molecular complexity index is 1670. The maximum Gasteiger partial charge on any atom is 0.330 e. The Kier molecular flexibility index (Phi) is 9.89. The van der Waals surface area contributed by atoms with E-state index in [-0.39, 0.29) is 16.2 Å². The van der Waals surface area contributed by atoms with E-state index in [0.29, 0.717) is 25.2 Å². The largest absolute Gasteiger partial charge is 0.414 e. The molecule has 4 heterocycles. The van der Waals surface area contributed by atoms with Crippen LogP contribution in [0.2, 0.25) is 36.3 Å². The van der Waals surface area contributed by atoms with Gasteiger partial charge in [-0.15, -0.1) is 0 Å². The van der Waals surface area contributed by atoms with Crippen molar-refractivity contribution in [2.45, 2.75) is 122 Å². The minimum Gasteiger partial charge on any atom is -0.414 e. The standard InChI is InChI=1S/C33H52N3O7PSi2/c1-22-19-35(31(38)34-30(22)37)29-18-27(28(41-29)21-40-46(10,11)33(5,6)7)43-44-36-24(16-23-14-12-13-15-26(23)36)17-25(42-44)20-39-45(8,9)32(2,3)4/h12-16,19,25,27-29H,17-18,20-21H2,1-11H3,(H,34,37,38)/t25-,27-,28+,29+,44?/m0/s1. The predicted molar refractivity (Wildman–Crippen MR) is 189 cm³/mol. The summed E-state index contributed by atoms with van der Waals surface area (Å²) in [6, 6.07) is 10.5. The van der Waals surface area contributed by atoms with Crippen LogP contribution in [0, 0.1) is 6.92 Å². The molecule has 3 aromatic rings. The highest BCUT2D eigenvalue weighted by atomic mass is 31.2. The van der Waals surface area contributed by atoms with Gasteiger partial charge in [-0.2, -0.15) is 0 Å². The van der Waals surface area contributed by atoms with Gasteiger partial charge >= 0.3 is 5.69 Å². The van der Waals surface area contributed by atoms with E-state index in [4.69, 9.17) is 22.6 Å². The van der Waals surface area contributed by atoms with Crippen LogP contribution in [0.15, 0.2) is 46.1 Å². The molecule has 2 aromatic heterocycles. The lowest BCUT2D eigenvalue weighted by Gasteiger charge is -2.39. The summed E-state index contributed by atoms with van der Waals surface area (Å²) in [6.45, 7) is 24.8. The van der Waals surface area contributed by atoms with Gasteiger partial charge in [-0.1, -0.05) is 59.7 Å². The number of nitrogens with zero attached hydrogens (tertiary/aromatic N) is 2. The van der Waals surface area contributed by atoms with Crippen molar-refractivity contribution in [1.82, 2.24) is 13.9 Å². The maximum absolute atomic E-state index is 12.9. The zero-order valence-electron chi connectivity index (χ0n) is 29.3. The first-order valence-corrected chi connectivity index (χ1v) is 23.2. The fourth-order valence-electron chi connectivity index (χ4n) is 5.22. The third-order valence-electron chi connectivity index (χ3n) is 10.3. The van der Waals surface area contributed by atoms with Crippen molar-refractivity contribution in [3.8, 4) is 0 Å². The lowest BCUT2D eigenvalue weighted by Crippen LogP contribution is -2.44. The van der Waals surface area contributed by atoms with Gasteiger partial charge in [0.25, 0.3) is 14.1 Å². The van der Waals surface area contributed by atoms with E-state index >= 15 is 0 Å². The fourth-order valence-corrected chi connectivity index (χ4v) is 9.05. The smallest absolute Gasteiger partial charge is 0.330 e. The van der Waals surface area contributed by atoms with Gasteiger partial charge < -0.3 is 22.6 Å². The number of rotatable bonds is 9. The third kappa shape index (κ3) is 7.24. The number of aromatic amines is 1. The molecule has 0 saturated carbocycles. The molecule has 0 spiro atoms. The van der Waals surface area contributed by atoms with Crippen LogP contribution in [0.3, 0.4) is 0 Å². The Labute approximate surface area is 276 Å². The molecular formula is C33H52N3O7PSi2. The van der Waals surface area contributed by atoms with E-state index in [1.807, 2.05) is 12.1 Å². The molecule has 0 bridgehead atoms. The molecule has 0 amide bonds. The second kappa shape index (κ2) is 12.9. The summed E-state index contributed by atoms with van der Waals surface area (Å²) in [5, 5.41) is 1.24. The van der Waals surface area contributed by atoms with Crippen LogP contribution < -0.4 is 11.2 Å². The number of nitrogens with one attached hydrogen (secondary N) is 1. The highest BCUT2D eigenvalue weighted by Gasteiger charge is 2.45. The minimum absolute atomic E-state index is 0.0151. The van der Waals surface area contributed by atoms with Gasteiger partial charge in [0, 0.05) is 35.7 Å². The van der Waals surface area contributed by atoms with Crippen LogP contribution >= 0.6 is 8.53 Å². The quantitative estimate of drug-likeness (QED) is 0.187. The molecule has 13 heteroatoms. The summed E-state index contributed by atoms with van der Waals surface area (Å²) in [6.07, 6.45) is 1.03. The first-order valence-electron chi connectivity index (χ1n) is 16.3. The molecular weight excluding hydrogens is 638 g/mol. The SMILES string of the molecule is Cc1cn([C@H]2C[C@H](OP3O[C@H](CO[Si](C)(C)C(C)(C)C)Cc4cc5ccccc5n43)[C@@H](CO[Si](C)(C)C(C)(C)C)O2)c(=O)[nH]c1=O. The van der Waals surface area contributed by atoms with Crippen LogP contribution in [0.25, 0.3) is 10.9 Å². The van der Waals surface area contributed by atoms with Crippen LogP contribution in [0.1, 0.15) is 65.4 Å². The molecule has 46 heavy (non-hydrogen) atoms. The average molecular weight is 690 g/mol. The van der Waals surface area contributed by atoms with E-state index in [9.17, 15) is 9.59 Å². The van der Waals surface area contributed by atoms with Crippen LogP contribution in [0.4, 0.5) is 0 Å². The van der Waals surface area contributed by atoms with Gasteiger partial charge in [0.05, 0.1) is 30.9 Å². The summed E-state index contributed by atoms with van der Waals surface area (Å²) >= 11 is 0. The first-order chi connectivity index (χ1) is 21.3. The van der Waals surface area contributed by atoms with E-state index in [2.05, 4.69) is 95.3 Å². The van der Waals surface area contributed by atoms with Gasteiger partial charge in [-0.3, -0.25) is 18.7 Å². The monoisotopic (exact) mass is 689 g/mol. The molecule has 254 valence electrons. The van der Waals surface area contributed by atoms with Crippen molar-refractivity contribution in [1.29, 1.82) is 0 Å². The van der Waals surface area contributed by atoms with Gasteiger partial charge in [0.1, 0.15) is 12.3 Å². The number of aryl methyl sites for hydroxylation is 1. The summed E-state index contributed by atoms with van der Waals surface area (Å²) in [5.41, 5.74) is 1.74. The number of aromatic nitrogens is 3. The van der Waals surface area contributed by atoms with Crippen LogP contribution in [-0.2, 0) is 29.1 Å². The van der Waals surface area contributed by atoms with Crippen molar-refractivity contribution in [2.24, 2.45) is 0 Å². The van der Waals surface area contributed by atoms with Crippen molar-refractivity contribution >= 4 is 36.1 Å². The van der Waals surface area contributed by atoms with Gasteiger partial charge in [-0.25, -0.2) is 4.79 Å². The number of H-pyrrole nitrogens is 1. The molecule has 2 aliphatic heterocycles. The molecule has 1 unspecified atom stereocenters. The Hall–Kier alpha value is -1.90. The molecule has 5 atom stereocenters. The number of fused-ring (bicyclic) bond motifs is 3. The fraction of sp³-hybridized carbons (Fsp3) is 0.636. The normalized spacial score (nSPS) is 24.5. The minimum atomic E-state index is -2.12. The highest BCUT2D eigenvalue weighted by Crippen LogP contribution is 2.53. The van der Waals surface area contributed by atoms with Crippen molar-refractivity contribution in [2.75, 3.05) is 13.2 Å². The second-order valence-corrected chi connectivity index (χ2v) is 26.7. The lowest BCUT2D eigenvalue weighted by atomic mass is 10.2. The van der Waals surface area contributed by atoms with Crippen LogP contribution in [-0.4, -0.2) is 62.0 Å². The molecule has 5 rings (SSSR count). The Balaban J connectivity index is 1.46. The second-order valence-electron chi connectivity index (χ2n) is 15.8. The zero-order chi connectivity index (χ0) is 33.8.